The largest absolute Gasteiger partial charge is 1.00 e. The van der Waals surface area contributed by atoms with Crippen molar-refractivity contribution in [3.63, 3.8) is 0 Å². The molecule has 0 fully saturated rings. The average molecular weight is 816 g/mol. The maximum Gasteiger partial charge on any atom is 1.00 e. The van der Waals surface area contributed by atoms with Crippen LogP contribution in [-0.2, 0) is 46.4 Å². The molecule has 1 aliphatic rings. The van der Waals surface area contributed by atoms with Crippen LogP contribution in [0.1, 0.15) is 33.4 Å². The Labute approximate surface area is 362 Å². The van der Waals surface area contributed by atoms with E-state index in [-0.39, 0.29) is 35.1 Å². The molecular weight excluding hydrogens is 776 g/mol. The first-order valence-electron chi connectivity index (χ1n) is 18.3. The van der Waals surface area contributed by atoms with Crippen molar-refractivity contribution < 1.29 is 60.1 Å². The Morgan fingerprint density at radius 2 is 1.02 bits per heavy atom. The quantitative estimate of drug-likeness (QED) is 0.0887. The van der Waals surface area contributed by atoms with Crippen molar-refractivity contribution in [1.82, 2.24) is 0 Å². The van der Waals surface area contributed by atoms with Crippen LogP contribution in [0.5, 0.6) is 0 Å². The molecule has 1 aliphatic carbocycles. The molecule has 0 saturated heterocycles. The van der Waals surface area contributed by atoms with Crippen molar-refractivity contribution in [1.29, 1.82) is 0 Å². The Bertz CT molecular complexity index is 2600. The summed E-state index contributed by atoms with van der Waals surface area (Å²) in [5, 5.41) is 0. The summed E-state index contributed by atoms with van der Waals surface area (Å²) in [7, 11) is -10.0. The third-order valence-corrected chi connectivity index (χ3v) is 11.4. The number of benzene rings is 6. The van der Waals surface area contributed by atoms with E-state index in [0.29, 0.717) is 42.9 Å². The third-order valence-electron chi connectivity index (χ3n) is 9.70. The van der Waals surface area contributed by atoms with Crippen LogP contribution in [0.15, 0.2) is 203 Å². The molecule has 0 heterocycles. The summed E-state index contributed by atoms with van der Waals surface area (Å²) < 4.78 is 74.7. The molecule has 0 aromatic heterocycles. The van der Waals surface area contributed by atoms with Gasteiger partial charge in [-0.15, -0.1) is 0 Å². The van der Waals surface area contributed by atoms with Crippen LogP contribution in [0, 0.1) is 0 Å². The second-order valence-electron chi connectivity index (χ2n) is 13.7. The van der Waals surface area contributed by atoms with Gasteiger partial charge in [-0.2, -0.15) is 8.42 Å². The Hall–Kier alpha value is -5.17. The summed E-state index contributed by atoms with van der Waals surface area (Å²) in [5.74, 6) is 0. The molecule has 6 aromatic carbocycles. The zero-order valence-corrected chi connectivity index (χ0v) is 35.6. The normalized spacial score (nSPS) is 12.5. The second kappa shape index (κ2) is 19.1. The minimum atomic E-state index is -5.22. The van der Waals surface area contributed by atoms with E-state index in [9.17, 15) is 25.9 Å². The van der Waals surface area contributed by atoms with Gasteiger partial charge in [-0.3, -0.25) is 4.55 Å². The number of hydrogen-bond donors (Lipinski definition) is 1. The van der Waals surface area contributed by atoms with E-state index >= 15 is 0 Å². The molecule has 0 aliphatic heterocycles. The molecule has 0 bridgehead atoms. The molecule has 7 rings (SSSR count). The number of nitrogens with zero attached hydrogens (tertiary/aromatic N) is 2. The third kappa shape index (κ3) is 10.9. The first-order chi connectivity index (χ1) is 27.5. The Morgan fingerprint density at radius 1 is 0.569 bits per heavy atom. The number of rotatable bonds is 13. The van der Waals surface area contributed by atoms with Gasteiger partial charge in [0.25, 0.3) is 10.1 Å². The molecule has 58 heavy (non-hydrogen) atoms. The van der Waals surface area contributed by atoms with E-state index in [1.54, 1.807) is 0 Å². The van der Waals surface area contributed by atoms with Crippen LogP contribution in [0.4, 0.5) is 5.69 Å². The zero-order chi connectivity index (χ0) is 39.8. The van der Waals surface area contributed by atoms with Crippen molar-refractivity contribution in [2.45, 2.75) is 36.0 Å². The molecule has 0 radical (unpaired) electrons. The average Bonchev–Trinajstić information content (AvgIpc) is 3.22. The van der Waals surface area contributed by atoms with Gasteiger partial charge in [-0.05, 0) is 64.3 Å². The Morgan fingerprint density at radius 3 is 1.45 bits per heavy atom. The number of allylic oxidation sites excluding steroid dienone is 5. The predicted molar refractivity (Wildman–Crippen MR) is 223 cm³/mol. The van der Waals surface area contributed by atoms with E-state index in [1.165, 1.54) is 6.07 Å². The van der Waals surface area contributed by atoms with Crippen molar-refractivity contribution >= 4 is 37.2 Å². The fourth-order valence-corrected chi connectivity index (χ4v) is 8.22. The maximum atomic E-state index is 12.8. The summed E-state index contributed by atoms with van der Waals surface area (Å²) in [6, 6.07) is 51.3. The van der Waals surface area contributed by atoms with Gasteiger partial charge >= 0.3 is 29.6 Å². The van der Waals surface area contributed by atoms with Gasteiger partial charge in [0.1, 0.15) is 10.1 Å². The van der Waals surface area contributed by atoms with E-state index in [0.717, 1.165) is 45.8 Å². The van der Waals surface area contributed by atoms with Crippen LogP contribution in [0.25, 0.3) is 5.57 Å². The number of hydrogen-bond acceptors (Lipinski definition) is 6. The number of anilines is 1. The minimum Gasteiger partial charge on any atom is -0.744 e. The van der Waals surface area contributed by atoms with Crippen LogP contribution in [0.2, 0.25) is 0 Å². The topological polar surface area (TPSA) is 118 Å². The van der Waals surface area contributed by atoms with Gasteiger partial charge in [0.05, 0.1) is 9.79 Å². The fourth-order valence-electron chi connectivity index (χ4n) is 6.92. The fraction of sp³-hybridized carbons (Fsp3) is 0.0851. The molecule has 0 atom stereocenters. The standard InChI is InChI=1S/C47H40N2O6S2.Na/c50-56(51,52)44-29-30-45(46(31-44)57(53,54)55)47(40-21-25-42(26-22-40)48(32-36-13-5-1-6-14-36)33-37-15-7-2-8-16-37)41-23-27-43(28-24-41)49(34-38-17-9-3-10-18-38)35-39-19-11-4-12-20-39;/h1-31H,32-35H2,(H-,50,51,52,53,54,55);/q;+1. The van der Waals surface area contributed by atoms with Gasteiger partial charge in [-0.25, -0.2) is 13.0 Å². The molecule has 11 heteroatoms. The maximum absolute atomic E-state index is 12.8. The van der Waals surface area contributed by atoms with Gasteiger partial charge < -0.3 is 9.45 Å². The van der Waals surface area contributed by atoms with E-state index in [1.807, 2.05) is 121 Å². The first-order valence-corrected chi connectivity index (χ1v) is 21.2. The smallest absolute Gasteiger partial charge is 0.744 e. The van der Waals surface area contributed by atoms with Crippen molar-refractivity contribution in [2.24, 2.45) is 0 Å². The van der Waals surface area contributed by atoms with E-state index < -0.39 is 30.0 Å². The SMILES string of the molecule is O=S(=O)([O-])c1cc(S(=O)(=O)O)ccc1C(=C1C=CC(=[N+](Cc2ccccc2)Cc2ccccc2)C=C1)c1ccc(N(Cc2ccccc2)Cc2ccccc2)cc1.[Na+]. The predicted octanol–water partition coefficient (Wildman–Crippen LogP) is 5.83. The van der Waals surface area contributed by atoms with E-state index in [2.05, 4.69) is 58.0 Å². The monoisotopic (exact) mass is 815 g/mol. The van der Waals surface area contributed by atoms with Crippen molar-refractivity contribution in [3.05, 3.63) is 227 Å². The van der Waals surface area contributed by atoms with Crippen LogP contribution in [0.3, 0.4) is 0 Å². The second-order valence-corrected chi connectivity index (χ2v) is 16.5. The van der Waals surface area contributed by atoms with Crippen molar-refractivity contribution in [3.8, 4) is 0 Å². The van der Waals surface area contributed by atoms with Gasteiger partial charge in [0.2, 0.25) is 5.71 Å². The summed E-state index contributed by atoms with van der Waals surface area (Å²) in [5.41, 5.74) is 7.94. The summed E-state index contributed by atoms with van der Waals surface area (Å²) in [4.78, 5) is 0.789. The molecule has 286 valence electrons. The zero-order valence-electron chi connectivity index (χ0n) is 31.9. The molecular formula is C47H40N2NaO6S2+. The first kappa shape index (κ1) is 42.4. The van der Waals surface area contributed by atoms with Gasteiger partial charge in [0.15, 0.2) is 13.1 Å². The molecule has 0 saturated carbocycles. The molecule has 1 N–H and O–H groups in total. The molecule has 8 nitrogen and oxygen atoms in total. The molecule has 0 unspecified atom stereocenters. The Kier molecular flexibility index (Phi) is 13.9. The van der Waals surface area contributed by atoms with Gasteiger partial charge in [-0.1, -0.05) is 140 Å². The summed E-state index contributed by atoms with van der Waals surface area (Å²) in [6.07, 6.45) is 7.65. The summed E-state index contributed by atoms with van der Waals surface area (Å²) in [6.45, 7) is 2.52. The molecule has 0 spiro atoms. The minimum absolute atomic E-state index is 0. The van der Waals surface area contributed by atoms with Crippen molar-refractivity contribution in [2.75, 3.05) is 4.90 Å². The van der Waals surface area contributed by atoms with Crippen LogP contribution in [-0.4, -0.2) is 36.2 Å². The van der Waals surface area contributed by atoms with Gasteiger partial charge in [0, 0.05) is 47.6 Å². The molecule has 0 amide bonds. The Balaban J connectivity index is 0.00000567. The van der Waals surface area contributed by atoms with Crippen LogP contribution < -0.4 is 34.5 Å². The summed E-state index contributed by atoms with van der Waals surface area (Å²) >= 11 is 0. The molecule has 6 aromatic rings. The van der Waals surface area contributed by atoms with E-state index in [4.69, 9.17) is 0 Å². The van der Waals surface area contributed by atoms with Crippen LogP contribution >= 0.6 is 0 Å².